The number of likely N-dealkylation sites (N-methyl/N-ethyl adjacent to an activating group) is 1. The molecule has 0 amide bonds. The zero-order chi connectivity index (χ0) is 13.1. The molecule has 3 rings (SSSR count). The Bertz CT molecular complexity index is 495. The van der Waals surface area contributed by atoms with Crippen molar-refractivity contribution < 1.29 is 0 Å². The van der Waals surface area contributed by atoms with Crippen LogP contribution in [0, 0.1) is 0 Å². The third-order valence-corrected chi connectivity index (χ3v) is 4.65. The lowest BCUT2D eigenvalue weighted by molar-refractivity contribution is 0.251. The minimum atomic E-state index is 0.667. The molecule has 1 aliphatic rings. The fourth-order valence-corrected chi connectivity index (χ4v) is 3.43. The number of rotatable bonds is 4. The maximum absolute atomic E-state index is 2.49. The van der Waals surface area contributed by atoms with Crippen LogP contribution in [0.1, 0.15) is 12.0 Å². The van der Waals surface area contributed by atoms with E-state index in [2.05, 4.69) is 64.0 Å². The molecule has 1 atom stereocenters. The largest absolute Gasteiger partial charge is 0.370 e. The van der Waals surface area contributed by atoms with Crippen molar-refractivity contribution in [2.45, 2.75) is 19.0 Å². The maximum Gasteiger partial charge on any atom is 0.0366 e. The van der Waals surface area contributed by atoms with Crippen molar-refractivity contribution in [1.82, 2.24) is 4.90 Å². The number of thiophene rings is 1. The maximum atomic E-state index is 2.49. The molecule has 0 radical (unpaired) electrons. The molecule has 0 bridgehead atoms. The van der Waals surface area contributed by atoms with Crippen LogP contribution in [0.5, 0.6) is 0 Å². The second-order valence-corrected chi connectivity index (χ2v) is 6.05. The highest BCUT2D eigenvalue weighted by Crippen LogP contribution is 2.23. The van der Waals surface area contributed by atoms with Crippen LogP contribution in [0.25, 0.3) is 0 Å². The number of hydrogen-bond donors (Lipinski definition) is 0. The average molecular weight is 272 g/mol. The van der Waals surface area contributed by atoms with E-state index in [1.54, 1.807) is 11.3 Å². The summed E-state index contributed by atoms with van der Waals surface area (Å²) in [5, 5.41) is 4.41. The lowest BCUT2D eigenvalue weighted by Crippen LogP contribution is -2.34. The van der Waals surface area contributed by atoms with E-state index in [0.717, 1.165) is 13.1 Å². The van der Waals surface area contributed by atoms with E-state index in [1.807, 2.05) is 0 Å². The minimum Gasteiger partial charge on any atom is -0.370 e. The summed E-state index contributed by atoms with van der Waals surface area (Å²) in [6.45, 7) is 3.38. The van der Waals surface area contributed by atoms with Crippen molar-refractivity contribution in [3.8, 4) is 0 Å². The number of para-hydroxylation sites is 1. The van der Waals surface area contributed by atoms with E-state index >= 15 is 0 Å². The molecule has 1 fully saturated rings. The first-order chi connectivity index (χ1) is 9.33. The van der Waals surface area contributed by atoms with Crippen LogP contribution < -0.4 is 4.90 Å². The predicted octanol–water partition coefficient (Wildman–Crippen LogP) is 3.46. The molecule has 2 nitrogen and oxygen atoms in total. The van der Waals surface area contributed by atoms with Crippen LogP contribution in [-0.2, 0) is 6.54 Å². The number of anilines is 1. The van der Waals surface area contributed by atoms with Crippen molar-refractivity contribution >= 4 is 17.0 Å². The molecule has 0 saturated carbocycles. The van der Waals surface area contributed by atoms with Gasteiger partial charge in [0.2, 0.25) is 0 Å². The molecule has 3 heteroatoms. The zero-order valence-corrected chi connectivity index (χ0v) is 12.1. The van der Waals surface area contributed by atoms with Crippen LogP contribution in [0.3, 0.4) is 0 Å². The molecule has 1 aromatic heterocycles. The lowest BCUT2D eigenvalue weighted by atomic mass is 10.2. The first kappa shape index (κ1) is 12.7. The quantitative estimate of drug-likeness (QED) is 0.841. The highest BCUT2D eigenvalue weighted by atomic mass is 32.1. The van der Waals surface area contributed by atoms with Gasteiger partial charge in [0.25, 0.3) is 0 Å². The van der Waals surface area contributed by atoms with Gasteiger partial charge in [-0.25, -0.2) is 0 Å². The van der Waals surface area contributed by atoms with Gasteiger partial charge in [0.15, 0.2) is 0 Å². The molecular weight excluding hydrogens is 252 g/mol. The van der Waals surface area contributed by atoms with Gasteiger partial charge < -0.3 is 4.90 Å². The summed E-state index contributed by atoms with van der Waals surface area (Å²) < 4.78 is 0. The van der Waals surface area contributed by atoms with Crippen molar-refractivity contribution in [2.24, 2.45) is 0 Å². The second kappa shape index (κ2) is 5.76. The van der Waals surface area contributed by atoms with Crippen LogP contribution in [0.2, 0.25) is 0 Å². The third kappa shape index (κ3) is 2.99. The van der Waals surface area contributed by atoms with E-state index in [9.17, 15) is 0 Å². The normalized spacial score (nSPS) is 19.3. The molecule has 1 saturated heterocycles. The molecule has 0 aliphatic carbocycles. The Balaban J connectivity index is 1.59. The van der Waals surface area contributed by atoms with Gasteiger partial charge in [-0.3, -0.25) is 4.90 Å². The Morgan fingerprint density at radius 1 is 1.26 bits per heavy atom. The zero-order valence-electron chi connectivity index (χ0n) is 11.3. The number of nitrogens with zero attached hydrogens (tertiary/aromatic N) is 2. The summed E-state index contributed by atoms with van der Waals surface area (Å²) in [6, 6.07) is 13.6. The molecule has 1 unspecified atom stereocenters. The standard InChI is InChI=1S/C16H20N2S/c1-17(11-14-8-10-19-13-14)16-7-9-18(12-16)15-5-3-2-4-6-15/h2-6,8,10,13,16H,7,9,11-12H2,1H3. The van der Waals surface area contributed by atoms with Crippen LogP contribution in [0.4, 0.5) is 5.69 Å². The molecule has 100 valence electrons. The van der Waals surface area contributed by atoms with Gasteiger partial charge >= 0.3 is 0 Å². The van der Waals surface area contributed by atoms with Crippen LogP contribution in [-0.4, -0.2) is 31.1 Å². The fraction of sp³-hybridized carbons (Fsp3) is 0.375. The second-order valence-electron chi connectivity index (χ2n) is 5.27. The summed E-state index contributed by atoms with van der Waals surface area (Å²) in [5.41, 5.74) is 2.79. The molecule has 0 N–H and O–H groups in total. The highest BCUT2D eigenvalue weighted by molar-refractivity contribution is 7.07. The van der Waals surface area contributed by atoms with Crippen molar-refractivity contribution in [3.63, 3.8) is 0 Å². The van der Waals surface area contributed by atoms with Crippen LogP contribution >= 0.6 is 11.3 Å². The Morgan fingerprint density at radius 3 is 2.84 bits per heavy atom. The van der Waals surface area contributed by atoms with Gasteiger partial charge in [0.1, 0.15) is 0 Å². The van der Waals surface area contributed by atoms with Gasteiger partial charge in [-0.1, -0.05) is 18.2 Å². The molecule has 19 heavy (non-hydrogen) atoms. The van der Waals surface area contributed by atoms with E-state index in [-0.39, 0.29) is 0 Å². The Morgan fingerprint density at radius 2 is 2.11 bits per heavy atom. The summed E-state index contributed by atoms with van der Waals surface area (Å²) in [7, 11) is 2.25. The Kier molecular flexibility index (Phi) is 3.85. The smallest absolute Gasteiger partial charge is 0.0366 e. The molecule has 1 aromatic carbocycles. The van der Waals surface area contributed by atoms with Gasteiger partial charge in [-0.15, -0.1) is 0 Å². The predicted molar refractivity (Wildman–Crippen MR) is 82.8 cm³/mol. The molecule has 1 aliphatic heterocycles. The topological polar surface area (TPSA) is 6.48 Å². The minimum absolute atomic E-state index is 0.667. The summed E-state index contributed by atoms with van der Waals surface area (Å²) in [5.74, 6) is 0. The SMILES string of the molecule is CN(Cc1ccsc1)C1CCN(c2ccccc2)C1. The van der Waals surface area contributed by atoms with E-state index < -0.39 is 0 Å². The fourth-order valence-electron chi connectivity index (χ4n) is 2.77. The van der Waals surface area contributed by atoms with Crippen molar-refractivity contribution in [1.29, 1.82) is 0 Å². The van der Waals surface area contributed by atoms with Gasteiger partial charge in [0.05, 0.1) is 0 Å². The van der Waals surface area contributed by atoms with Crippen LogP contribution in [0.15, 0.2) is 47.2 Å². The summed E-state index contributed by atoms with van der Waals surface area (Å²) >= 11 is 1.78. The van der Waals surface area contributed by atoms with Gasteiger partial charge in [-0.05, 0) is 48.0 Å². The van der Waals surface area contributed by atoms with Gasteiger partial charge in [-0.2, -0.15) is 11.3 Å². The third-order valence-electron chi connectivity index (χ3n) is 3.92. The average Bonchev–Trinajstić information content (AvgIpc) is 3.10. The highest BCUT2D eigenvalue weighted by Gasteiger charge is 2.25. The molecular formula is C16H20N2S. The van der Waals surface area contributed by atoms with E-state index in [0.29, 0.717) is 6.04 Å². The van der Waals surface area contributed by atoms with E-state index in [4.69, 9.17) is 0 Å². The Hall–Kier alpha value is -1.32. The first-order valence-corrected chi connectivity index (χ1v) is 7.78. The molecule has 2 heterocycles. The molecule has 0 spiro atoms. The summed E-state index contributed by atoms with van der Waals surface area (Å²) in [6.07, 6.45) is 1.26. The van der Waals surface area contributed by atoms with E-state index in [1.165, 1.54) is 24.2 Å². The Labute approximate surface area is 119 Å². The molecule has 2 aromatic rings. The first-order valence-electron chi connectivity index (χ1n) is 6.84. The summed E-state index contributed by atoms with van der Waals surface area (Å²) in [4.78, 5) is 4.99. The monoisotopic (exact) mass is 272 g/mol. The lowest BCUT2D eigenvalue weighted by Gasteiger charge is -2.25. The van der Waals surface area contributed by atoms with Gasteiger partial charge in [0, 0.05) is 31.4 Å². The van der Waals surface area contributed by atoms with Crippen molar-refractivity contribution in [2.75, 3.05) is 25.0 Å². The number of benzene rings is 1. The van der Waals surface area contributed by atoms with Crippen molar-refractivity contribution in [3.05, 3.63) is 52.7 Å². The number of hydrogen-bond acceptors (Lipinski definition) is 3.